The molecular weight excluding hydrogens is 285 g/mol. The quantitative estimate of drug-likeness (QED) is 0.503. The normalized spacial score (nSPS) is 17.8. The Morgan fingerprint density at radius 2 is 0.769 bits per heavy atom. The van der Waals surface area contributed by atoms with Gasteiger partial charge in [-0.1, -0.05) is 46.4 Å². The molecule has 7 heteroatoms. The molecule has 0 atom stereocenters. The van der Waals surface area contributed by atoms with Crippen molar-refractivity contribution >= 4 is 109 Å². The number of hydrogen-bond acceptors (Lipinski definition) is 2. The summed E-state index contributed by atoms with van der Waals surface area (Å²) in [6.45, 7) is 0. The molecule has 1 aliphatic carbocycles. The first kappa shape index (κ1) is 14.6. The van der Waals surface area contributed by atoms with Crippen molar-refractivity contribution in [1.82, 2.24) is 0 Å². The predicted octanol–water partition coefficient (Wildman–Crippen LogP) is 1.87. The van der Waals surface area contributed by atoms with Crippen molar-refractivity contribution in [2.45, 2.75) is 0 Å². The molecule has 0 bridgehead atoms. The van der Waals surface area contributed by atoms with Crippen molar-refractivity contribution in [3.8, 4) is 0 Å². The zero-order valence-corrected chi connectivity index (χ0v) is 8.35. The van der Waals surface area contributed by atoms with Gasteiger partial charge >= 0.3 is 51.4 Å². The summed E-state index contributed by atoms with van der Waals surface area (Å²) in [5.74, 6) is -1.46. The van der Waals surface area contributed by atoms with Crippen molar-refractivity contribution in [2.75, 3.05) is 0 Å². The summed E-state index contributed by atoms with van der Waals surface area (Å²) in [5.41, 5.74) is 0. The van der Waals surface area contributed by atoms with Gasteiger partial charge in [-0.25, -0.2) is 0 Å². The summed E-state index contributed by atoms with van der Waals surface area (Å²) >= 11 is 21.5. The molecule has 0 saturated carbocycles. The average Bonchev–Trinajstić information content (AvgIpc) is 2.08. The van der Waals surface area contributed by atoms with Crippen molar-refractivity contribution in [2.24, 2.45) is 0 Å². The van der Waals surface area contributed by atoms with Crippen LogP contribution in [0.1, 0.15) is 0 Å². The number of allylic oxidation sites excluding steroid dienone is 4. The topological polar surface area (TPSA) is 34.1 Å². The Hall–Kier alpha value is 1.62. The summed E-state index contributed by atoms with van der Waals surface area (Å²) in [7, 11) is 0. The molecule has 0 amide bonds. The summed E-state index contributed by atoms with van der Waals surface area (Å²) in [5, 5.41) is -1.57. The second-order valence-corrected chi connectivity index (χ2v) is 3.43. The Morgan fingerprint density at radius 1 is 0.615 bits per heavy atom. The van der Waals surface area contributed by atoms with Crippen LogP contribution < -0.4 is 0 Å². The van der Waals surface area contributed by atoms with Gasteiger partial charge in [-0.15, -0.1) is 0 Å². The van der Waals surface area contributed by atoms with E-state index in [1.165, 1.54) is 0 Å². The molecule has 0 unspecified atom stereocenters. The van der Waals surface area contributed by atoms with Gasteiger partial charge in [0.2, 0.25) is 11.6 Å². The number of hydrogen-bond donors (Lipinski definition) is 0. The van der Waals surface area contributed by atoms with Crippen LogP contribution in [0.15, 0.2) is 20.1 Å². The van der Waals surface area contributed by atoms with Gasteiger partial charge < -0.3 is 0 Å². The second kappa shape index (κ2) is 5.63. The van der Waals surface area contributed by atoms with E-state index in [2.05, 4.69) is 0 Å². The van der Waals surface area contributed by atoms with Gasteiger partial charge in [-0.3, -0.25) is 9.59 Å². The van der Waals surface area contributed by atoms with Gasteiger partial charge in [0.25, 0.3) is 0 Å². The molecule has 0 aromatic heterocycles. The van der Waals surface area contributed by atoms with E-state index in [1.54, 1.807) is 0 Å². The van der Waals surface area contributed by atoms with Gasteiger partial charge in [0.05, 0.1) is 0 Å². The Morgan fingerprint density at radius 3 is 0.923 bits per heavy atom. The maximum absolute atomic E-state index is 11.0. The van der Waals surface area contributed by atoms with Crippen molar-refractivity contribution < 1.29 is 9.59 Å². The fraction of sp³-hybridized carbons (Fsp3) is 0. The first-order valence-electron chi connectivity index (χ1n) is 2.66. The summed E-state index contributed by atoms with van der Waals surface area (Å²) in [6.07, 6.45) is 0. The number of carbonyl (C=O) groups excluding carboxylic acids is 2. The van der Waals surface area contributed by atoms with Gasteiger partial charge in [0.15, 0.2) is 0 Å². The maximum atomic E-state index is 11.0. The van der Waals surface area contributed by atoms with Crippen LogP contribution in [-0.4, -0.2) is 63.0 Å². The standard InChI is InChI=1S/C6Cl4O2.K.H/c7-1-2(8)6(12)4(10)3(9)5(1)11;;. The fourth-order valence-corrected chi connectivity index (χ4v) is 1.41. The molecule has 2 nitrogen and oxygen atoms in total. The van der Waals surface area contributed by atoms with Crippen LogP contribution in [0.2, 0.25) is 0 Å². The molecule has 0 heterocycles. The van der Waals surface area contributed by atoms with Crippen molar-refractivity contribution in [3.63, 3.8) is 0 Å². The SMILES string of the molecule is O=C1C(Cl)=C(Cl)C(=O)C(Cl)=C1Cl.[KH]. The molecule has 66 valence electrons. The Kier molecular flexibility index (Phi) is 6.33. The van der Waals surface area contributed by atoms with E-state index in [9.17, 15) is 9.59 Å². The van der Waals surface area contributed by atoms with Gasteiger partial charge in [-0.05, 0) is 0 Å². The number of rotatable bonds is 0. The zero-order chi connectivity index (χ0) is 9.46. The minimum absolute atomic E-state index is 0. The van der Waals surface area contributed by atoms with E-state index in [-0.39, 0.29) is 51.4 Å². The van der Waals surface area contributed by atoms with Crippen LogP contribution in [-0.2, 0) is 9.59 Å². The van der Waals surface area contributed by atoms with E-state index in [1.807, 2.05) is 0 Å². The van der Waals surface area contributed by atoms with Gasteiger partial charge in [0.1, 0.15) is 20.1 Å². The average molecular weight is 286 g/mol. The number of halogens is 4. The molecule has 0 aromatic carbocycles. The molecule has 1 rings (SSSR count). The Balaban J connectivity index is 0.00000144. The zero-order valence-electron chi connectivity index (χ0n) is 5.33. The van der Waals surface area contributed by atoms with Crippen molar-refractivity contribution in [1.29, 1.82) is 0 Å². The molecule has 1 aliphatic rings. The van der Waals surface area contributed by atoms with Crippen LogP contribution in [0.25, 0.3) is 0 Å². The van der Waals surface area contributed by atoms with E-state index in [0.29, 0.717) is 0 Å². The van der Waals surface area contributed by atoms with E-state index >= 15 is 0 Å². The van der Waals surface area contributed by atoms with Crippen LogP contribution in [0, 0.1) is 0 Å². The molecule has 0 N–H and O–H groups in total. The Bertz CT molecular complexity index is 283. The third kappa shape index (κ3) is 2.80. The third-order valence-electron chi connectivity index (χ3n) is 1.18. The van der Waals surface area contributed by atoms with E-state index in [4.69, 9.17) is 46.4 Å². The third-order valence-corrected chi connectivity index (χ3v) is 2.82. The monoisotopic (exact) mass is 284 g/mol. The number of carbonyl (C=O) groups is 2. The molecule has 0 saturated heterocycles. The molecule has 0 aromatic rings. The van der Waals surface area contributed by atoms with Crippen molar-refractivity contribution in [3.05, 3.63) is 20.1 Å². The van der Waals surface area contributed by atoms with E-state index in [0.717, 1.165) is 0 Å². The van der Waals surface area contributed by atoms with Crippen LogP contribution in [0.5, 0.6) is 0 Å². The summed E-state index contributed by atoms with van der Waals surface area (Å²) in [6, 6.07) is 0. The van der Waals surface area contributed by atoms with Gasteiger partial charge in [0, 0.05) is 0 Å². The second-order valence-electron chi connectivity index (χ2n) is 1.91. The first-order valence-corrected chi connectivity index (χ1v) is 4.18. The fourth-order valence-electron chi connectivity index (χ4n) is 0.591. The van der Waals surface area contributed by atoms with Gasteiger partial charge in [-0.2, -0.15) is 0 Å². The van der Waals surface area contributed by atoms with Crippen LogP contribution in [0.3, 0.4) is 0 Å². The molecule has 0 fully saturated rings. The molecule has 0 aliphatic heterocycles. The molecule has 0 spiro atoms. The van der Waals surface area contributed by atoms with Crippen LogP contribution >= 0.6 is 46.4 Å². The molecule has 13 heavy (non-hydrogen) atoms. The molecule has 0 radical (unpaired) electrons. The first-order chi connectivity index (χ1) is 5.46. The summed E-state index contributed by atoms with van der Waals surface area (Å²) in [4.78, 5) is 22.0. The minimum atomic E-state index is -0.729. The Labute approximate surface area is 137 Å². The number of ketones is 2. The summed E-state index contributed by atoms with van der Waals surface area (Å²) < 4.78 is 0. The van der Waals surface area contributed by atoms with E-state index < -0.39 is 31.7 Å². The number of Topliss-reactive ketones (excluding diaryl/α,β-unsaturated/α-hetero) is 2. The molecular formula is C6HCl4KO2. The van der Waals surface area contributed by atoms with Crippen LogP contribution in [0.4, 0.5) is 0 Å². The predicted molar refractivity (Wildman–Crippen MR) is 54.6 cm³/mol.